The number of carbonyl (C=O) groups is 2. The van der Waals surface area contributed by atoms with Gasteiger partial charge in [0, 0.05) is 18.1 Å². The second-order valence-electron chi connectivity index (χ2n) is 6.90. The van der Waals surface area contributed by atoms with E-state index < -0.39 is 11.5 Å². The number of nitrogens with one attached hydrogen (secondary N) is 1. The van der Waals surface area contributed by atoms with Crippen molar-refractivity contribution in [2.45, 2.75) is 51.5 Å². The van der Waals surface area contributed by atoms with Crippen LogP contribution in [0.5, 0.6) is 0 Å². The number of carboxylic acids is 1. The van der Waals surface area contributed by atoms with E-state index in [0.29, 0.717) is 41.7 Å². The normalized spacial score (nSPS) is 22.8. The molecule has 3 rings (SSSR count). The average molecular weight is 357 g/mol. The summed E-state index contributed by atoms with van der Waals surface area (Å²) >= 11 is 0. The van der Waals surface area contributed by atoms with Gasteiger partial charge in [0.05, 0.1) is 0 Å². The van der Waals surface area contributed by atoms with Crippen molar-refractivity contribution in [1.82, 2.24) is 15.5 Å². The van der Waals surface area contributed by atoms with Gasteiger partial charge in [0.15, 0.2) is 0 Å². The molecule has 2 N–H and O–H groups in total. The molecule has 1 saturated carbocycles. The van der Waals surface area contributed by atoms with Gasteiger partial charge in [0.1, 0.15) is 5.54 Å². The minimum absolute atomic E-state index is 0.379. The summed E-state index contributed by atoms with van der Waals surface area (Å²) in [6.45, 7) is 3.82. The molecule has 2 aromatic rings. The van der Waals surface area contributed by atoms with Gasteiger partial charge in [0.2, 0.25) is 11.8 Å². The first-order chi connectivity index (χ1) is 12.4. The van der Waals surface area contributed by atoms with Crippen molar-refractivity contribution in [1.29, 1.82) is 0 Å². The van der Waals surface area contributed by atoms with Gasteiger partial charge < -0.3 is 14.8 Å². The molecule has 1 aliphatic carbocycles. The lowest BCUT2D eigenvalue weighted by atomic mass is 9.75. The highest BCUT2D eigenvalue weighted by molar-refractivity contribution is 5.98. The van der Waals surface area contributed by atoms with Crippen molar-refractivity contribution in [2.24, 2.45) is 5.92 Å². The number of aromatic nitrogens is 2. The van der Waals surface area contributed by atoms with Crippen LogP contribution < -0.4 is 5.32 Å². The number of carboxylic acid groups (broad SMARTS) is 1. The topological polar surface area (TPSA) is 105 Å². The standard InChI is InChI=1S/C19H23N3O4/c1-3-13-8-10-19(11-9-13,18(24)25)20-16(23)14-4-6-15(7-5-14)17-22-21-12(2)26-17/h4-7,13H,3,8-11H2,1-2H3,(H,20,23)(H,24,25). The maximum Gasteiger partial charge on any atom is 0.329 e. The molecule has 0 saturated heterocycles. The molecule has 1 aromatic heterocycles. The zero-order chi connectivity index (χ0) is 18.7. The zero-order valence-electron chi connectivity index (χ0n) is 15.0. The summed E-state index contributed by atoms with van der Waals surface area (Å²) in [5.41, 5.74) is -0.0628. The molecule has 138 valence electrons. The lowest BCUT2D eigenvalue weighted by Crippen LogP contribution is -2.56. The van der Waals surface area contributed by atoms with Crippen molar-refractivity contribution < 1.29 is 19.1 Å². The van der Waals surface area contributed by atoms with Gasteiger partial charge in [-0.15, -0.1) is 10.2 Å². The Morgan fingerprint density at radius 2 is 1.88 bits per heavy atom. The maximum atomic E-state index is 12.6. The number of hydrogen-bond acceptors (Lipinski definition) is 5. The Bertz CT molecular complexity index is 789. The molecule has 1 aromatic carbocycles. The van der Waals surface area contributed by atoms with Gasteiger partial charge in [-0.2, -0.15) is 0 Å². The lowest BCUT2D eigenvalue weighted by molar-refractivity contribution is -0.146. The second-order valence-corrected chi connectivity index (χ2v) is 6.90. The van der Waals surface area contributed by atoms with Gasteiger partial charge in [-0.05, 0) is 55.9 Å². The fourth-order valence-electron chi connectivity index (χ4n) is 3.44. The Kier molecular flexibility index (Phi) is 5.06. The number of amides is 1. The molecule has 1 heterocycles. The number of aryl methyl sites for hydroxylation is 1. The molecule has 7 heteroatoms. The van der Waals surface area contributed by atoms with Crippen molar-refractivity contribution in [3.8, 4) is 11.5 Å². The highest BCUT2D eigenvalue weighted by Gasteiger charge is 2.43. The summed E-state index contributed by atoms with van der Waals surface area (Å²) in [6.07, 6.45) is 3.61. The predicted molar refractivity (Wildman–Crippen MR) is 94.6 cm³/mol. The first-order valence-electron chi connectivity index (χ1n) is 8.90. The number of benzene rings is 1. The van der Waals surface area contributed by atoms with Crippen LogP contribution in [0.2, 0.25) is 0 Å². The molecule has 7 nitrogen and oxygen atoms in total. The maximum absolute atomic E-state index is 12.6. The molecular formula is C19H23N3O4. The summed E-state index contributed by atoms with van der Waals surface area (Å²) in [6, 6.07) is 6.70. The Balaban J connectivity index is 1.73. The summed E-state index contributed by atoms with van der Waals surface area (Å²) in [4.78, 5) is 24.4. The minimum atomic E-state index is -1.18. The van der Waals surface area contributed by atoms with Crippen molar-refractivity contribution in [2.75, 3.05) is 0 Å². The molecule has 0 radical (unpaired) electrons. The van der Waals surface area contributed by atoms with Crippen molar-refractivity contribution in [3.63, 3.8) is 0 Å². The van der Waals surface area contributed by atoms with Crippen LogP contribution in [0.3, 0.4) is 0 Å². The number of hydrogen-bond donors (Lipinski definition) is 2. The Labute approximate surface area is 151 Å². The lowest BCUT2D eigenvalue weighted by Gasteiger charge is -2.37. The molecular weight excluding hydrogens is 334 g/mol. The largest absolute Gasteiger partial charge is 0.480 e. The third-order valence-corrected chi connectivity index (χ3v) is 5.22. The highest BCUT2D eigenvalue weighted by Crippen LogP contribution is 2.34. The van der Waals surface area contributed by atoms with Crippen LogP contribution in [0.15, 0.2) is 28.7 Å². The zero-order valence-corrected chi connectivity index (χ0v) is 15.0. The molecule has 0 unspecified atom stereocenters. The SMILES string of the molecule is CCC1CCC(NC(=O)c2ccc(-c3nnc(C)o3)cc2)(C(=O)O)CC1. The molecule has 0 atom stereocenters. The summed E-state index contributed by atoms with van der Waals surface area (Å²) in [7, 11) is 0. The van der Waals surface area contributed by atoms with Crippen LogP contribution in [0.4, 0.5) is 0 Å². The average Bonchev–Trinajstić information content (AvgIpc) is 3.08. The fraction of sp³-hybridized carbons (Fsp3) is 0.474. The van der Waals surface area contributed by atoms with E-state index in [1.165, 1.54) is 0 Å². The van der Waals surface area contributed by atoms with Crippen LogP contribution in [0.1, 0.15) is 55.3 Å². The van der Waals surface area contributed by atoms with Gasteiger partial charge in [-0.3, -0.25) is 4.79 Å². The van der Waals surface area contributed by atoms with E-state index >= 15 is 0 Å². The van der Waals surface area contributed by atoms with E-state index in [1.807, 2.05) is 0 Å². The van der Waals surface area contributed by atoms with Gasteiger partial charge in [-0.25, -0.2) is 4.79 Å². The molecule has 1 aliphatic rings. The van der Waals surface area contributed by atoms with Gasteiger partial charge >= 0.3 is 5.97 Å². The fourth-order valence-corrected chi connectivity index (χ4v) is 3.44. The van der Waals surface area contributed by atoms with E-state index in [2.05, 4.69) is 22.4 Å². The number of aliphatic carboxylic acids is 1. The van der Waals surface area contributed by atoms with Gasteiger partial charge in [-0.1, -0.05) is 13.3 Å². The smallest absolute Gasteiger partial charge is 0.329 e. The summed E-state index contributed by atoms with van der Waals surface area (Å²) in [5, 5.41) is 20.2. The third-order valence-electron chi connectivity index (χ3n) is 5.22. The van der Waals surface area contributed by atoms with Crippen LogP contribution in [0, 0.1) is 12.8 Å². The number of rotatable bonds is 5. The Morgan fingerprint density at radius 3 is 2.38 bits per heavy atom. The highest BCUT2D eigenvalue weighted by atomic mass is 16.4. The quantitative estimate of drug-likeness (QED) is 0.851. The molecule has 1 amide bonds. The number of carbonyl (C=O) groups excluding carboxylic acids is 1. The monoisotopic (exact) mass is 357 g/mol. The summed E-state index contributed by atoms with van der Waals surface area (Å²) in [5.74, 6) is 0.0488. The van der Waals surface area contributed by atoms with Crippen LogP contribution in [-0.4, -0.2) is 32.7 Å². The number of nitrogens with zero attached hydrogens (tertiary/aromatic N) is 2. The third kappa shape index (κ3) is 3.61. The Morgan fingerprint density at radius 1 is 1.23 bits per heavy atom. The van der Waals surface area contributed by atoms with E-state index in [1.54, 1.807) is 31.2 Å². The predicted octanol–water partition coefficient (Wildman–Crippen LogP) is 3.20. The molecule has 0 aliphatic heterocycles. The van der Waals surface area contributed by atoms with Crippen LogP contribution in [0.25, 0.3) is 11.5 Å². The van der Waals surface area contributed by atoms with Crippen LogP contribution in [-0.2, 0) is 4.79 Å². The van der Waals surface area contributed by atoms with Gasteiger partial charge in [0.25, 0.3) is 5.91 Å². The summed E-state index contributed by atoms with van der Waals surface area (Å²) < 4.78 is 5.36. The first-order valence-corrected chi connectivity index (χ1v) is 8.90. The van der Waals surface area contributed by atoms with Crippen molar-refractivity contribution >= 4 is 11.9 Å². The Hall–Kier alpha value is -2.70. The van der Waals surface area contributed by atoms with E-state index in [0.717, 1.165) is 19.3 Å². The molecule has 1 fully saturated rings. The van der Waals surface area contributed by atoms with Crippen LogP contribution >= 0.6 is 0 Å². The molecule has 0 bridgehead atoms. The molecule has 26 heavy (non-hydrogen) atoms. The first kappa shape index (κ1) is 18.1. The van der Waals surface area contributed by atoms with E-state index in [9.17, 15) is 14.7 Å². The minimum Gasteiger partial charge on any atom is -0.480 e. The second kappa shape index (κ2) is 7.27. The van der Waals surface area contributed by atoms with E-state index in [-0.39, 0.29) is 5.91 Å². The van der Waals surface area contributed by atoms with E-state index in [4.69, 9.17) is 4.42 Å². The van der Waals surface area contributed by atoms with Crippen molar-refractivity contribution in [3.05, 3.63) is 35.7 Å². The molecule has 0 spiro atoms.